The number of anilines is 2. The summed E-state index contributed by atoms with van der Waals surface area (Å²) in [6.07, 6.45) is 2.20. The third kappa shape index (κ3) is 4.22. The van der Waals surface area contributed by atoms with Crippen LogP contribution in [0, 0.1) is 0 Å². The normalized spacial score (nSPS) is 12.8. The van der Waals surface area contributed by atoms with Crippen molar-refractivity contribution in [1.29, 1.82) is 0 Å². The summed E-state index contributed by atoms with van der Waals surface area (Å²) in [6, 6.07) is 18.1. The van der Waals surface area contributed by atoms with Crippen LogP contribution in [0.5, 0.6) is 0 Å². The number of hydrogen-bond donors (Lipinski definition) is 2. The van der Waals surface area contributed by atoms with E-state index >= 15 is 0 Å². The summed E-state index contributed by atoms with van der Waals surface area (Å²) in [7, 11) is 0. The first-order chi connectivity index (χ1) is 14.1. The molecule has 1 aromatic heterocycles. The lowest BCUT2D eigenvalue weighted by atomic mass is 9.97. The molecular weight excluding hydrogens is 388 g/mol. The number of carbonyl (C=O) groups excluding carboxylic acids is 2. The number of halogens is 1. The van der Waals surface area contributed by atoms with Gasteiger partial charge in [-0.15, -0.1) is 0 Å². The third-order valence-corrected chi connectivity index (χ3v) is 5.12. The lowest BCUT2D eigenvalue weighted by Gasteiger charge is -2.30. The monoisotopic (exact) mass is 406 g/mol. The Labute approximate surface area is 173 Å². The van der Waals surface area contributed by atoms with Crippen LogP contribution in [0.25, 0.3) is 0 Å². The maximum Gasteiger partial charge on any atom is 0.323 e. The van der Waals surface area contributed by atoms with Gasteiger partial charge in [0.2, 0.25) is 0 Å². The maximum atomic E-state index is 12.8. The Balaban J connectivity index is 1.48. The zero-order chi connectivity index (χ0) is 20.2. The van der Waals surface area contributed by atoms with Gasteiger partial charge in [0.05, 0.1) is 5.56 Å². The molecule has 1 aliphatic heterocycles. The van der Waals surface area contributed by atoms with Crippen molar-refractivity contribution >= 4 is 34.9 Å². The van der Waals surface area contributed by atoms with E-state index in [0.29, 0.717) is 25.1 Å². The van der Waals surface area contributed by atoms with Gasteiger partial charge in [-0.1, -0.05) is 41.9 Å². The largest absolute Gasteiger partial charge is 0.334 e. The number of amides is 3. The quantitative estimate of drug-likeness (QED) is 0.625. The number of nitrogens with one attached hydrogen (secondary N) is 2. The van der Waals surface area contributed by atoms with E-state index in [2.05, 4.69) is 15.6 Å². The molecule has 29 heavy (non-hydrogen) atoms. The molecule has 0 radical (unpaired) electrons. The summed E-state index contributed by atoms with van der Waals surface area (Å²) >= 11 is 6.07. The predicted octanol–water partition coefficient (Wildman–Crippen LogP) is 4.58. The molecule has 0 spiro atoms. The fourth-order valence-corrected chi connectivity index (χ4v) is 3.62. The first-order valence-corrected chi connectivity index (χ1v) is 9.63. The van der Waals surface area contributed by atoms with E-state index in [0.717, 1.165) is 22.5 Å². The summed E-state index contributed by atoms with van der Waals surface area (Å²) in [6.45, 7) is 0.991. The van der Waals surface area contributed by atoms with E-state index in [4.69, 9.17) is 11.6 Å². The second-order valence-corrected chi connectivity index (χ2v) is 7.06. The van der Waals surface area contributed by atoms with Gasteiger partial charge in [0, 0.05) is 30.7 Å². The molecule has 0 atom stereocenters. The first kappa shape index (κ1) is 19.0. The van der Waals surface area contributed by atoms with Crippen molar-refractivity contribution in [2.24, 2.45) is 0 Å². The van der Waals surface area contributed by atoms with Gasteiger partial charge in [0.1, 0.15) is 5.15 Å². The van der Waals surface area contributed by atoms with Crippen LogP contribution in [0.3, 0.4) is 0 Å². The molecule has 0 bridgehead atoms. The molecule has 0 fully saturated rings. The predicted molar refractivity (Wildman–Crippen MR) is 113 cm³/mol. The number of pyridine rings is 1. The second kappa shape index (κ2) is 8.32. The van der Waals surface area contributed by atoms with Crippen molar-refractivity contribution in [2.45, 2.75) is 13.0 Å². The molecule has 7 heteroatoms. The van der Waals surface area contributed by atoms with Crippen LogP contribution in [-0.4, -0.2) is 28.4 Å². The second-order valence-electron chi connectivity index (χ2n) is 6.71. The van der Waals surface area contributed by atoms with E-state index in [1.165, 1.54) is 0 Å². The Kier molecular flexibility index (Phi) is 5.44. The minimum atomic E-state index is -0.301. The van der Waals surface area contributed by atoms with Crippen LogP contribution in [0.2, 0.25) is 5.15 Å². The minimum Gasteiger partial charge on any atom is -0.334 e. The molecule has 2 aromatic carbocycles. The first-order valence-electron chi connectivity index (χ1n) is 9.25. The van der Waals surface area contributed by atoms with Crippen molar-refractivity contribution in [3.05, 3.63) is 88.7 Å². The molecule has 0 aliphatic carbocycles. The number of urea groups is 1. The number of para-hydroxylation sites is 1. The molecule has 0 saturated heterocycles. The lowest BCUT2D eigenvalue weighted by Crippen LogP contribution is -2.36. The van der Waals surface area contributed by atoms with Crippen molar-refractivity contribution in [1.82, 2.24) is 9.88 Å². The summed E-state index contributed by atoms with van der Waals surface area (Å²) in [5.74, 6) is -0.145. The number of hydrogen-bond acceptors (Lipinski definition) is 3. The Bertz CT molecular complexity index is 1060. The maximum absolute atomic E-state index is 12.8. The number of rotatable bonds is 3. The van der Waals surface area contributed by atoms with Crippen molar-refractivity contribution in [3.8, 4) is 0 Å². The van der Waals surface area contributed by atoms with Crippen LogP contribution in [-0.2, 0) is 13.0 Å². The highest BCUT2D eigenvalue weighted by Gasteiger charge is 2.25. The van der Waals surface area contributed by atoms with E-state index in [-0.39, 0.29) is 17.1 Å². The fraction of sp³-hybridized carbons (Fsp3) is 0.136. The highest BCUT2D eigenvalue weighted by atomic mass is 35.5. The van der Waals surface area contributed by atoms with E-state index in [1.54, 1.807) is 23.2 Å². The molecule has 2 N–H and O–H groups in total. The average Bonchev–Trinajstić information content (AvgIpc) is 2.74. The van der Waals surface area contributed by atoms with Gasteiger partial charge in [-0.2, -0.15) is 0 Å². The topological polar surface area (TPSA) is 74.3 Å². The number of nitrogens with zero attached hydrogens (tertiary/aromatic N) is 2. The number of aromatic nitrogens is 1. The highest BCUT2D eigenvalue weighted by molar-refractivity contribution is 6.32. The van der Waals surface area contributed by atoms with E-state index < -0.39 is 0 Å². The standard InChI is InChI=1S/C22H19ClN4O2/c23-20-18(9-5-12-24-20)21(28)27-13-11-17-15(14-27)6-4-10-19(17)26-22(29)25-16-7-2-1-3-8-16/h1-10,12H,11,13-14H2,(H2,25,26,29). The molecule has 6 nitrogen and oxygen atoms in total. The Hall–Kier alpha value is -3.38. The van der Waals surface area contributed by atoms with Gasteiger partial charge in [0.15, 0.2) is 0 Å². The van der Waals surface area contributed by atoms with Gasteiger partial charge in [-0.25, -0.2) is 9.78 Å². The van der Waals surface area contributed by atoms with Gasteiger partial charge in [0.25, 0.3) is 5.91 Å². The zero-order valence-electron chi connectivity index (χ0n) is 15.6. The number of benzene rings is 2. The SMILES string of the molecule is O=C(Nc1ccccc1)Nc1cccc2c1CCN(C(=O)c1cccnc1Cl)C2. The van der Waals surface area contributed by atoms with Gasteiger partial charge in [-0.05, 0) is 47.9 Å². The molecule has 3 amide bonds. The number of carbonyl (C=O) groups is 2. The van der Waals surface area contributed by atoms with Crippen molar-refractivity contribution in [2.75, 3.05) is 17.2 Å². The van der Waals surface area contributed by atoms with Crippen LogP contribution in [0.4, 0.5) is 16.2 Å². The van der Waals surface area contributed by atoms with Gasteiger partial charge >= 0.3 is 6.03 Å². The Morgan fingerprint density at radius 2 is 1.79 bits per heavy atom. The van der Waals surface area contributed by atoms with Crippen LogP contribution in [0.15, 0.2) is 66.9 Å². The highest BCUT2D eigenvalue weighted by Crippen LogP contribution is 2.28. The molecule has 3 aromatic rings. The molecule has 0 unspecified atom stereocenters. The Morgan fingerprint density at radius 1 is 0.966 bits per heavy atom. The van der Waals surface area contributed by atoms with Crippen LogP contribution < -0.4 is 10.6 Å². The summed E-state index contributed by atoms with van der Waals surface area (Å²) in [4.78, 5) is 30.9. The molecule has 2 heterocycles. The lowest BCUT2D eigenvalue weighted by molar-refractivity contribution is 0.0734. The smallest absolute Gasteiger partial charge is 0.323 e. The average molecular weight is 407 g/mol. The molecule has 146 valence electrons. The van der Waals surface area contributed by atoms with Crippen LogP contribution in [0.1, 0.15) is 21.5 Å². The summed E-state index contributed by atoms with van der Waals surface area (Å²) in [5, 5.41) is 5.94. The minimum absolute atomic E-state index is 0.145. The number of fused-ring (bicyclic) bond motifs is 1. The fourth-order valence-electron chi connectivity index (χ4n) is 3.42. The molecule has 1 aliphatic rings. The van der Waals surface area contributed by atoms with Gasteiger partial charge < -0.3 is 15.5 Å². The third-order valence-electron chi connectivity index (χ3n) is 4.82. The molecular formula is C22H19ClN4O2. The summed E-state index contributed by atoms with van der Waals surface area (Å²) in [5.41, 5.74) is 3.91. The Morgan fingerprint density at radius 3 is 2.59 bits per heavy atom. The van der Waals surface area contributed by atoms with E-state index in [9.17, 15) is 9.59 Å². The zero-order valence-corrected chi connectivity index (χ0v) is 16.3. The molecule has 4 rings (SSSR count). The van der Waals surface area contributed by atoms with Crippen molar-refractivity contribution < 1.29 is 9.59 Å². The van der Waals surface area contributed by atoms with Gasteiger partial charge in [-0.3, -0.25) is 4.79 Å². The summed E-state index contributed by atoms with van der Waals surface area (Å²) < 4.78 is 0. The van der Waals surface area contributed by atoms with E-state index in [1.807, 2.05) is 48.5 Å². The van der Waals surface area contributed by atoms with Crippen LogP contribution >= 0.6 is 11.6 Å². The molecule has 0 saturated carbocycles. The van der Waals surface area contributed by atoms with Crippen molar-refractivity contribution in [3.63, 3.8) is 0 Å².